The summed E-state index contributed by atoms with van der Waals surface area (Å²) >= 11 is 34.3. The Balaban J connectivity index is 3.39. The van der Waals surface area contributed by atoms with Gasteiger partial charge in [-0.15, -0.1) is 0 Å². The number of allylic oxidation sites excluding steroid dienone is 2. The van der Waals surface area contributed by atoms with E-state index in [1.165, 1.54) is 0 Å². The molecular weight excluding hydrogens is 332 g/mol. The van der Waals surface area contributed by atoms with Crippen molar-refractivity contribution >= 4 is 80.0 Å². The van der Waals surface area contributed by atoms with Crippen molar-refractivity contribution < 1.29 is 0 Å². The molecule has 1 aliphatic rings. The Morgan fingerprint density at radius 1 is 1.21 bits per heavy atom. The van der Waals surface area contributed by atoms with Crippen LogP contribution in [0.25, 0.3) is 0 Å². The van der Waals surface area contributed by atoms with Crippen LogP contribution in [0.5, 0.6) is 0 Å². The van der Waals surface area contributed by atoms with Gasteiger partial charge in [-0.05, 0) is 29.4 Å². The summed E-state index contributed by atoms with van der Waals surface area (Å²) in [4.78, 5) is 0. The molecule has 0 aliphatic carbocycles. The molecule has 1 rings (SSSR count). The lowest BCUT2D eigenvalue weighted by atomic mass is 10.2. The fraction of sp³-hybridized carbons (Fsp3) is 0.400. The Morgan fingerprint density at radius 3 is 2.14 bits per heavy atom. The zero-order valence-electron chi connectivity index (χ0n) is 6.61. The molecule has 0 saturated carbocycles. The van der Waals surface area contributed by atoms with Gasteiger partial charge in [-0.3, -0.25) is 0 Å². The first-order chi connectivity index (χ1) is 6.13. The summed E-state index contributed by atoms with van der Waals surface area (Å²) in [5.41, 5.74) is 0.601. The van der Waals surface area contributed by atoms with E-state index in [2.05, 4.69) is 9.51 Å². The Kier molecular flexibility index (Phi) is 4.16. The summed E-state index contributed by atoms with van der Waals surface area (Å²) in [5.74, 6) is -2.87. The summed E-state index contributed by atoms with van der Waals surface area (Å²) < 4.78 is 5.95. The summed E-state index contributed by atoms with van der Waals surface area (Å²) in [6, 6.07) is 0. The van der Waals surface area contributed by atoms with E-state index < -0.39 is 9.70 Å². The van der Waals surface area contributed by atoms with Crippen LogP contribution in [-0.4, -0.2) is 8.96 Å². The Labute approximate surface area is 111 Å². The summed E-state index contributed by atoms with van der Waals surface area (Å²) in [7, 11) is 0. The lowest BCUT2D eigenvalue weighted by Crippen LogP contribution is -2.11. The molecule has 0 N–H and O–H groups in total. The molecule has 0 unspecified atom stereocenters. The van der Waals surface area contributed by atoms with Gasteiger partial charge in [-0.25, -0.2) is 9.51 Å². The first kappa shape index (κ1) is 13.4. The van der Waals surface area contributed by atoms with Crippen molar-refractivity contribution in [2.45, 2.75) is 10.7 Å². The van der Waals surface area contributed by atoms with E-state index in [1.807, 2.05) is 0 Å². The van der Waals surface area contributed by atoms with Crippen LogP contribution in [0.15, 0.2) is 20.8 Å². The van der Waals surface area contributed by atoms with Gasteiger partial charge in [0.1, 0.15) is 10.9 Å². The second-order valence-corrected chi connectivity index (χ2v) is 9.72. The predicted molar refractivity (Wildman–Crippen MR) is 67.3 cm³/mol. The molecule has 14 heavy (non-hydrogen) atoms. The molecule has 0 aromatic heterocycles. The molecule has 0 bridgehead atoms. The lowest BCUT2D eigenvalue weighted by Gasteiger charge is -2.20. The molecule has 0 spiro atoms. The van der Waals surface area contributed by atoms with Crippen LogP contribution in [0, 0.1) is 0 Å². The zero-order chi connectivity index (χ0) is 11.1. The van der Waals surface area contributed by atoms with Gasteiger partial charge in [-0.1, -0.05) is 46.4 Å². The van der Waals surface area contributed by atoms with Gasteiger partial charge in [0, 0.05) is 5.57 Å². The van der Waals surface area contributed by atoms with E-state index >= 15 is 0 Å². The van der Waals surface area contributed by atoms with Crippen molar-refractivity contribution in [2.75, 3.05) is 0 Å². The van der Waals surface area contributed by atoms with Gasteiger partial charge in [0.2, 0.25) is 3.79 Å². The van der Waals surface area contributed by atoms with Gasteiger partial charge in [0.05, 0.1) is 0 Å². The SMILES string of the molecule is CC1=C(C(Cl)(Cl)Cl)N=P(Cl)(Cl)N=C1Cl. The highest BCUT2D eigenvalue weighted by molar-refractivity contribution is 8.09. The molecule has 80 valence electrons. The smallest absolute Gasteiger partial charge is 0.217 e. The van der Waals surface area contributed by atoms with Crippen LogP contribution in [-0.2, 0) is 0 Å². The summed E-state index contributed by atoms with van der Waals surface area (Å²) in [6.07, 6.45) is 0. The minimum atomic E-state index is -2.87. The topological polar surface area (TPSA) is 24.7 Å². The van der Waals surface area contributed by atoms with Gasteiger partial charge < -0.3 is 0 Å². The molecule has 0 aromatic carbocycles. The van der Waals surface area contributed by atoms with Crippen molar-refractivity contribution in [1.82, 2.24) is 0 Å². The average molecular weight is 335 g/mol. The Bertz CT molecular complexity index is 372. The molecule has 0 saturated heterocycles. The van der Waals surface area contributed by atoms with E-state index in [1.54, 1.807) is 6.92 Å². The number of rotatable bonds is 0. The molecular formula is C5H3Cl6N2P. The van der Waals surface area contributed by atoms with Crippen LogP contribution < -0.4 is 0 Å². The highest BCUT2D eigenvalue weighted by Gasteiger charge is 2.34. The minimum absolute atomic E-state index is 0.125. The highest BCUT2D eigenvalue weighted by atomic mass is 35.9. The summed E-state index contributed by atoms with van der Waals surface area (Å²) in [5, 5.41) is 0.125. The number of halogens is 6. The third-order valence-electron chi connectivity index (χ3n) is 1.36. The number of alkyl halides is 3. The van der Waals surface area contributed by atoms with Crippen LogP contribution in [0.2, 0.25) is 0 Å². The maximum atomic E-state index is 5.77. The molecule has 0 amide bonds. The van der Waals surface area contributed by atoms with Crippen molar-refractivity contribution in [3.63, 3.8) is 0 Å². The molecule has 0 radical (unpaired) electrons. The number of nitrogens with zero attached hydrogens (tertiary/aromatic N) is 2. The number of hydrogen-bond acceptors (Lipinski definition) is 2. The average Bonchev–Trinajstić information content (AvgIpc) is 1.93. The monoisotopic (exact) mass is 332 g/mol. The molecule has 9 heteroatoms. The molecule has 0 aromatic rings. The van der Waals surface area contributed by atoms with Crippen molar-refractivity contribution in [1.29, 1.82) is 0 Å². The molecule has 0 fully saturated rings. The van der Waals surface area contributed by atoms with Crippen LogP contribution in [0.3, 0.4) is 0 Å². The fourth-order valence-electron chi connectivity index (χ4n) is 0.765. The van der Waals surface area contributed by atoms with Crippen LogP contribution >= 0.6 is 74.8 Å². The second-order valence-electron chi connectivity index (χ2n) is 2.42. The fourth-order valence-corrected chi connectivity index (χ4v) is 4.00. The molecule has 0 atom stereocenters. The maximum Gasteiger partial charge on any atom is 0.254 e. The van der Waals surface area contributed by atoms with E-state index in [0.717, 1.165) is 0 Å². The number of hydrogen-bond donors (Lipinski definition) is 0. The standard InChI is InChI=1S/C5H3Cl6N2P/c1-2-3(5(7,8)9)12-14(10,11)13-4(2)6/h1H3. The minimum Gasteiger partial charge on any atom is -0.217 e. The summed E-state index contributed by atoms with van der Waals surface area (Å²) in [6.45, 7) is 1.62. The van der Waals surface area contributed by atoms with Crippen molar-refractivity contribution in [3.8, 4) is 0 Å². The normalized spacial score (nSPS) is 21.8. The Hall–Kier alpha value is 1.38. The van der Waals surface area contributed by atoms with Gasteiger partial charge in [0.15, 0.2) is 0 Å². The second kappa shape index (κ2) is 4.33. The van der Waals surface area contributed by atoms with E-state index in [9.17, 15) is 0 Å². The largest absolute Gasteiger partial charge is 0.254 e. The van der Waals surface area contributed by atoms with Gasteiger partial charge in [-0.2, -0.15) is 0 Å². The van der Waals surface area contributed by atoms with E-state index in [0.29, 0.717) is 5.57 Å². The first-order valence-electron chi connectivity index (χ1n) is 3.19. The third-order valence-corrected chi connectivity index (χ3v) is 4.17. The zero-order valence-corrected chi connectivity index (χ0v) is 12.0. The maximum absolute atomic E-state index is 5.77. The first-order valence-corrected chi connectivity index (χ1v) is 8.21. The van der Waals surface area contributed by atoms with Gasteiger partial charge in [0.25, 0.3) is 5.91 Å². The third kappa shape index (κ3) is 3.18. The van der Waals surface area contributed by atoms with E-state index in [-0.39, 0.29) is 10.9 Å². The molecule has 1 heterocycles. The molecule has 2 nitrogen and oxygen atoms in total. The molecule has 1 aliphatic heterocycles. The van der Waals surface area contributed by atoms with Gasteiger partial charge >= 0.3 is 0 Å². The Morgan fingerprint density at radius 2 is 1.71 bits per heavy atom. The predicted octanol–water partition coefficient (Wildman–Crippen LogP) is 5.71. The van der Waals surface area contributed by atoms with Crippen LogP contribution in [0.1, 0.15) is 6.92 Å². The van der Waals surface area contributed by atoms with Crippen molar-refractivity contribution in [3.05, 3.63) is 11.3 Å². The quantitative estimate of drug-likeness (QED) is 0.400. The van der Waals surface area contributed by atoms with E-state index in [4.69, 9.17) is 68.9 Å². The lowest BCUT2D eigenvalue weighted by molar-refractivity contribution is 1.16. The highest BCUT2D eigenvalue weighted by Crippen LogP contribution is 2.66. The van der Waals surface area contributed by atoms with Crippen LogP contribution in [0.4, 0.5) is 0 Å². The van der Waals surface area contributed by atoms with Crippen molar-refractivity contribution in [2.24, 2.45) is 9.51 Å².